The molecule has 12 atom stereocenters. The Morgan fingerprint density at radius 2 is 1.82 bits per heavy atom. The average molecular weight is 692 g/mol. The number of nitrogen functional groups attached to an aromatic ring is 1. The Morgan fingerprint density at radius 3 is 2.56 bits per heavy atom. The topological polar surface area (TPSA) is 133 Å². The molecule has 274 valence electrons. The molecule has 2 heterocycles. The average Bonchev–Trinajstić information content (AvgIpc) is 3.67. The number of nitrogens with zero attached hydrogens (tertiary/aromatic N) is 2. The van der Waals surface area contributed by atoms with Crippen LogP contribution in [0.3, 0.4) is 0 Å². The number of aliphatic hydroxyl groups excluding tert-OH is 1. The molecule has 0 spiro atoms. The van der Waals surface area contributed by atoms with E-state index in [1.54, 1.807) is 0 Å². The molecule has 2 aliphatic heterocycles. The molecule has 2 saturated heterocycles. The lowest BCUT2D eigenvalue weighted by atomic mass is 9.70. The number of cyclic esters (lactones) is 1. The standard InChI is InChI=1S/C40H57N3O7/c1-6-29-8-7-9-36(50-40-39(46)35(43(4)5)18-23(2)48-40)24(3)38(45)34-21-32-30(33(34)22-37(44)49-29)15-12-26-19-28(20-31(26)32)42-47-17-16-25-10-13-27(41)14-11-25/h10-15,21,23-24,26,29-33,35-36,39-40,46H,6-9,16-20,22,41H2,1-5H3/b42-28+/t23?,24-,26-,29+,30-,31-,32-,33+,35?,36+,39?,40?/m1/s1. The van der Waals surface area contributed by atoms with E-state index < -0.39 is 24.4 Å². The van der Waals surface area contributed by atoms with Crippen molar-refractivity contribution < 1.29 is 33.7 Å². The van der Waals surface area contributed by atoms with Crippen molar-refractivity contribution in [3.8, 4) is 0 Å². The maximum absolute atomic E-state index is 14.6. The number of ketones is 1. The van der Waals surface area contributed by atoms with Crippen molar-refractivity contribution in [1.29, 1.82) is 0 Å². The third kappa shape index (κ3) is 8.19. The first-order valence-electron chi connectivity index (χ1n) is 18.8. The van der Waals surface area contributed by atoms with Gasteiger partial charge in [0.2, 0.25) is 0 Å². The number of nitrogens with two attached hydrogens (primary N) is 1. The minimum atomic E-state index is -0.836. The van der Waals surface area contributed by atoms with Crippen LogP contribution in [-0.2, 0) is 35.1 Å². The van der Waals surface area contributed by atoms with Crippen LogP contribution in [0.15, 0.2) is 53.2 Å². The second-order valence-electron chi connectivity index (χ2n) is 15.5. The molecule has 1 aromatic carbocycles. The molecule has 4 unspecified atom stereocenters. The first kappa shape index (κ1) is 36.7. The number of esters is 1. The third-order valence-corrected chi connectivity index (χ3v) is 11.9. The van der Waals surface area contributed by atoms with Gasteiger partial charge in [0, 0.05) is 30.0 Å². The normalized spacial score (nSPS) is 38.5. The molecular formula is C40H57N3O7. The Bertz CT molecular complexity index is 1440. The van der Waals surface area contributed by atoms with E-state index in [0.29, 0.717) is 37.4 Å². The van der Waals surface area contributed by atoms with Gasteiger partial charge < -0.3 is 34.8 Å². The largest absolute Gasteiger partial charge is 0.462 e. The van der Waals surface area contributed by atoms with Crippen LogP contribution >= 0.6 is 0 Å². The van der Waals surface area contributed by atoms with Crippen molar-refractivity contribution in [3.63, 3.8) is 0 Å². The minimum absolute atomic E-state index is 0.0140. The molecule has 0 radical (unpaired) electrons. The zero-order chi connectivity index (χ0) is 35.5. The molecule has 50 heavy (non-hydrogen) atoms. The summed E-state index contributed by atoms with van der Waals surface area (Å²) in [5.74, 6) is -0.204. The molecule has 3 fully saturated rings. The summed E-state index contributed by atoms with van der Waals surface area (Å²) < 4.78 is 18.8. The molecule has 0 aromatic heterocycles. The third-order valence-electron chi connectivity index (χ3n) is 11.9. The van der Waals surface area contributed by atoms with Gasteiger partial charge in [0.1, 0.15) is 18.8 Å². The Balaban J connectivity index is 1.20. The summed E-state index contributed by atoms with van der Waals surface area (Å²) in [6.45, 7) is 6.47. The highest BCUT2D eigenvalue weighted by Crippen LogP contribution is 2.53. The monoisotopic (exact) mass is 691 g/mol. The lowest BCUT2D eigenvalue weighted by Gasteiger charge is -2.42. The SMILES string of the molecule is CC[C@H]1CCC[C@H](OC2OC(C)CC(N(C)C)C2O)[C@@H](C)C(=O)C2=C[C@@H]3[C@@H](C=C[C@@H]4C/C(=N\OCCc5ccc(N)cc5)C[C@@H]34)[C@@H]2CC(=O)O1. The van der Waals surface area contributed by atoms with Gasteiger partial charge in [-0.25, -0.2) is 0 Å². The van der Waals surface area contributed by atoms with Crippen LogP contribution in [0, 0.1) is 35.5 Å². The summed E-state index contributed by atoms with van der Waals surface area (Å²) in [6, 6.07) is 7.70. The van der Waals surface area contributed by atoms with Gasteiger partial charge in [-0.05, 0) is 113 Å². The number of hydrogen-bond donors (Lipinski definition) is 2. The summed E-state index contributed by atoms with van der Waals surface area (Å²) in [6.07, 6.45) is 10.3. The molecule has 0 amide bonds. The summed E-state index contributed by atoms with van der Waals surface area (Å²) in [7, 11) is 3.91. The molecule has 3 aliphatic carbocycles. The number of oxime groups is 1. The Hall–Kier alpha value is -3.05. The van der Waals surface area contributed by atoms with Gasteiger partial charge >= 0.3 is 5.97 Å². The van der Waals surface area contributed by atoms with Gasteiger partial charge in [0.05, 0.1) is 24.3 Å². The molecule has 10 heteroatoms. The number of ether oxygens (including phenoxy) is 3. The van der Waals surface area contributed by atoms with E-state index in [1.807, 2.05) is 64.0 Å². The molecule has 6 rings (SSSR count). The van der Waals surface area contributed by atoms with Crippen LogP contribution in [0.2, 0.25) is 0 Å². The molecule has 5 aliphatic rings. The number of hydrogen-bond acceptors (Lipinski definition) is 10. The molecule has 1 aromatic rings. The van der Waals surface area contributed by atoms with Crippen molar-refractivity contribution in [2.45, 2.75) is 115 Å². The van der Waals surface area contributed by atoms with E-state index in [9.17, 15) is 14.7 Å². The van der Waals surface area contributed by atoms with Crippen LogP contribution < -0.4 is 5.73 Å². The number of benzene rings is 1. The van der Waals surface area contributed by atoms with Crippen LogP contribution in [-0.4, -0.2) is 84.9 Å². The van der Waals surface area contributed by atoms with E-state index in [4.69, 9.17) is 24.8 Å². The van der Waals surface area contributed by atoms with E-state index in [0.717, 1.165) is 49.1 Å². The van der Waals surface area contributed by atoms with Crippen LogP contribution in [0.5, 0.6) is 0 Å². The highest BCUT2D eigenvalue weighted by molar-refractivity contribution is 5.99. The van der Waals surface area contributed by atoms with Gasteiger partial charge in [-0.1, -0.05) is 49.4 Å². The molecule has 1 saturated carbocycles. The number of likely N-dealkylation sites (N-methyl/N-ethyl adjacent to an activating group) is 1. The molecular weight excluding hydrogens is 634 g/mol. The van der Waals surface area contributed by atoms with Gasteiger partial charge in [-0.15, -0.1) is 0 Å². The van der Waals surface area contributed by atoms with Crippen molar-refractivity contribution in [2.24, 2.45) is 40.7 Å². The minimum Gasteiger partial charge on any atom is -0.462 e. The van der Waals surface area contributed by atoms with Crippen molar-refractivity contribution in [3.05, 3.63) is 53.6 Å². The Kier molecular flexibility index (Phi) is 11.8. The van der Waals surface area contributed by atoms with Crippen LogP contribution in [0.1, 0.15) is 77.7 Å². The summed E-state index contributed by atoms with van der Waals surface area (Å²) in [4.78, 5) is 35.8. The zero-order valence-corrected chi connectivity index (χ0v) is 30.4. The van der Waals surface area contributed by atoms with Crippen molar-refractivity contribution in [2.75, 3.05) is 26.4 Å². The quantitative estimate of drug-likeness (QED) is 0.120. The number of Topliss-reactive ketones (excluding diaryl/α,β-unsaturated/α-hetero) is 1. The summed E-state index contributed by atoms with van der Waals surface area (Å²) in [5.41, 5.74) is 9.46. The molecule has 10 nitrogen and oxygen atoms in total. The number of allylic oxidation sites excluding steroid dienone is 4. The van der Waals surface area contributed by atoms with E-state index in [-0.39, 0.29) is 60.1 Å². The van der Waals surface area contributed by atoms with E-state index >= 15 is 0 Å². The highest BCUT2D eigenvalue weighted by Gasteiger charge is 2.50. The first-order chi connectivity index (χ1) is 24.0. The zero-order valence-electron chi connectivity index (χ0n) is 30.4. The number of fused-ring (bicyclic) bond motifs is 5. The van der Waals surface area contributed by atoms with Gasteiger partial charge in [-0.3, -0.25) is 9.59 Å². The molecule has 3 N–H and O–H groups in total. The first-order valence-corrected chi connectivity index (χ1v) is 18.8. The second-order valence-corrected chi connectivity index (χ2v) is 15.5. The number of rotatable bonds is 8. The smallest absolute Gasteiger partial charge is 0.306 e. The second kappa shape index (κ2) is 16.1. The fraction of sp³-hybridized carbons (Fsp3) is 0.675. The number of carbonyl (C=O) groups excluding carboxylic acids is 2. The Morgan fingerprint density at radius 1 is 1.04 bits per heavy atom. The predicted molar refractivity (Wildman–Crippen MR) is 192 cm³/mol. The van der Waals surface area contributed by atoms with Crippen LogP contribution in [0.4, 0.5) is 5.69 Å². The lowest BCUT2D eigenvalue weighted by molar-refractivity contribution is -0.272. The van der Waals surface area contributed by atoms with E-state index in [2.05, 4.69) is 23.4 Å². The number of carbonyl (C=O) groups is 2. The number of aliphatic hydroxyl groups is 1. The fourth-order valence-corrected chi connectivity index (χ4v) is 8.99. The van der Waals surface area contributed by atoms with Gasteiger partial charge in [0.15, 0.2) is 12.1 Å². The van der Waals surface area contributed by atoms with Crippen molar-refractivity contribution >= 4 is 23.2 Å². The number of anilines is 1. The van der Waals surface area contributed by atoms with Gasteiger partial charge in [-0.2, -0.15) is 0 Å². The maximum atomic E-state index is 14.6. The summed E-state index contributed by atoms with van der Waals surface area (Å²) >= 11 is 0. The maximum Gasteiger partial charge on any atom is 0.306 e. The molecule has 0 bridgehead atoms. The Labute approximate surface area is 297 Å². The predicted octanol–water partition coefficient (Wildman–Crippen LogP) is 5.48. The summed E-state index contributed by atoms with van der Waals surface area (Å²) in [5, 5.41) is 15.8. The lowest BCUT2D eigenvalue weighted by Crippen LogP contribution is -2.55. The fourth-order valence-electron chi connectivity index (χ4n) is 8.99. The van der Waals surface area contributed by atoms with Crippen molar-refractivity contribution in [1.82, 2.24) is 4.90 Å². The van der Waals surface area contributed by atoms with E-state index in [1.165, 1.54) is 0 Å². The highest BCUT2D eigenvalue weighted by atomic mass is 16.7. The van der Waals surface area contributed by atoms with Gasteiger partial charge in [0.25, 0.3) is 0 Å². The van der Waals surface area contributed by atoms with Crippen LogP contribution in [0.25, 0.3) is 0 Å².